The van der Waals surface area contributed by atoms with Gasteiger partial charge in [0.25, 0.3) is 0 Å². The highest BCUT2D eigenvalue weighted by atomic mass is 35.5. The predicted octanol–water partition coefficient (Wildman–Crippen LogP) is 2.94. The Bertz CT molecular complexity index is 752. The van der Waals surface area contributed by atoms with Crippen molar-refractivity contribution < 1.29 is 28.0 Å². The van der Waals surface area contributed by atoms with E-state index in [-0.39, 0.29) is 6.42 Å². The van der Waals surface area contributed by atoms with Crippen LogP contribution < -0.4 is 5.32 Å². The van der Waals surface area contributed by atoms with Gasteiger partial charge < -0.3 is 14.9 Å². The van der Waals surface area contributed by atoms with Gasteiger partial charge in [0.05, 0.1) is 0 Å². The summed E-state index contributed by atoms with van der Waals surface area (Å²) < 4.78 is 29.7. The quantitative estimate of drug-likeness (QED) is 0.685. The average molecular weight is 388 g/mol. The molecule has 140 valence electrons. The van der Waals surface area contributed by atoms with E-state index in [1.807, 2.05) is 0 Å². The van der Waals surface area contributed by atoms with Crippen LogP contribution in [0.2, 0.25) is 5.02 Å². The van der Waals surface area contributed by atoms with Gasteiger partial charge in [-0.3, -0.25) is 4.79 Å². The lowest BCUT2D eigenvalue weighted by atomic mass is 10.2. The first-order valence-corrected chi connectivity index (χ1v) is 8.12. The second-order valence-corrected chi connectivity index (χ2v) is 5.89. The molecular weight excluding hydrogens is 372 g/mol. The molecule has 0 spiro atoms. The smallest absolute Gasteiger partial charge is 0.326 e. The number of rotatable bonds is 9. The molecular formula is C16H16ClF2N3O4. The van der Waals surface area contributed by atoms with E-state index < -0.39 is 30.8 Å². The molecule has 26 heavy (non-hydrogen) atoms. The fourth-order valence-corrected chi connectivity index (χ4v) is 2.26. The zero-order chi connectivity index (χ0) is 19.1. The number of nitrogens with one attached hydrogen (secondary N) is 1. The van der Waals surface area contributed by atoms with Crippen LogP contribution >= 0.6 is 11.6 Å². The Morgan fingerprint density at radius 1 is 1.27 bits per heavy atom. The number of benzene rings is 1. The van der Waals surface area contributed by atoms with Crippen molar-refractivity contribution in [2.75, 3.05) is 0 Å². The molecule has 1 aromatic carbocycles. The van der Waals surface area contributed by atoms with Crippen LogP contribution in [0.4, 0.5) is 8.78 Å². The summed E-state index contributed by atoms with van der Waals surface area (Å²) in [6.45, 7) is 0. The molecule has 0 saturated carbocycles. The molecule has 1 amide bonds. The zero-order valence-electron chi connectivity index (χ0n) is 13.5. The molecule has 0 bridgehead atoms. The monoisotopic (exact) mass is 387 g/mol. The highest BCUT2D eigenvalue weighted by Gasteiger charge is 2.23. The van der Waals surface area contributed by atoms with Crippen LogP contribution in [0.25, 0.3) is 11.4 Å². The van der Waals surface area contributed by atoms with Crippen LogP contribution in [-0.4, -0.2) is 39.6 Å². The molecule has 2 rings (SSSR count). The number of carbonyl (C=O) groups excluding carboxylic acids is 1. The van der Waals surface area contributed by atoms with Crippen LogP contribution in [-0.2, 0) is 16.0 Å². The van der Waals surface area contributed by atoms with Crippen LogP contribution in [0, 0.1) is 0 Å². The van der Waals surface area contributed by atoms with E-state index >= 15 is 0 Å². The van der Waals surface area contributed by atoms with Gasteiger partial charge in [0.2, 0.25) is 24.0 Å². The Kier molecular flexibility index (Phi) is 7.02. The van der Waals surface area contributed by atoms with Crippen molar-refractivity contribution in [3.63, 3.8) is 0 Å². The summed E-state index contributed by atoms with van der Waals surface area (Å²) in [5, 5.41) is 15.3. The summed E-state index contributed by atoms with van der Waals surface area (Å²) in [5.41, 5.74) is 0.721. The number of amides is 1. The number of aryl methyl sites for hydroxylation is 1. The fraction of sp³-hybridized carbons (Fsp3) is 0.375. The Balaban J connectivity index is 1.81. The van der Waals surface area contributed by atoms with Crippen molar-refractivity contribution >= 4 is 23.5 Å². The fourth-order valence-electron chi connectivity index (χ4n) is 2.14. The molecule has 0 aliphatic rings. The van der Waals surface area contributed by atoms with Gasteiger partial charge in [0.1, 0.15) is 6.04 Å². The molecule has 10 heteroatoms. The summed E-state index contributed by atoms with van der Waals surface area (Å²) in [6, 6.07) is 5.24. The van der Waals surface area contributed by atoms with Gasteiger partial charge in [-0.05, 0) is 30.7 Å². The first-order valence-electron chi connectivity index (χ1n) is 7.74. The number of hydrogen-bond donors (Lipinski definition) is 2. The van der Waals surface area contributed by atoms with Crippen molar-refractivity contribution in [3.8, 4) is 11.4 Å². The molecule has 2 aromatic rings. The van der Waals surface area contributed by atoms with Crippen molar-refractivity contribution in [1.29, 1.82) is 0 Å². The molecule has 0 aliphatic carbocycles. The van der Waals surface area contributed by atoms with Crippen molar-refractivity contribution in [2.45, 2.75) is 38.2 Å². The van der Waals surface area contributed by atoms with E-state index in [9.17, 15) is 18.4 Å². The molecule has 0 aliphatic heterocycles. The normalized spacial score (nSPS) is 12.2. The first-order chi connectivity index (χ1) is 12.3. The van der Waals surface area contributed by atoms with Crippen LogP contribution in [0.1, 0.15) is 25.2 Å². The number of carboxylic acid groups (broad SMARTS) is 1. The Labute approximate surface area is 152 Å². The summed E-state index contributed by atoms with van der Waals surface area (Å²) in [7, 11) is 0. The minimum absolute atomic E-state index is 0.0499. The first kappa shape index (κ1) is 19.8. The molecule has 0 saturated heterocycles. The standard InChI is InChI=1S/C16H16ClF2N3O4/c17-10-6-4-9(5-7-10)15-21-14(26-22-15)3-1-2-13(23)20-11(16(24)25)8-12(18)19/h4-7,11-12H,1-3,8H2,(H,20,23)(H,24,25). The maximum Gasteiger partial charge on any atom is 0.326 e. The molecule has 1 aromatic heterocycles. The van der Waals surface area contributed by atoms with E-state index in [0.29, 0.717) is 29.6 Å². The zero-order valence-corrected chi connectivity index (χ0v) is 14.2. The van der Waals surface area contributed by atoms with Gasteiger partial charge in [-0.2, -0.15) is 4.98 Å². The lowest BCUT2D eigenvalue weighted by molar-refractivity contribution is -0.143. The number of hydrogen-bond acceptors (Lipinski definition) is 5. The van der Waals surface area contributed by atoms with Crippen LogP contribution in [0.15, 0.2) is 28.8 Å². The van der Waals surface area contributed by atoms with Gasteiger partial charge in [-0.25, -0.2) is 13.6 Å². The number of halogens is 3. The summed E-state index contributed by atoms with van der Waals surface area (Å²) in [4.78, 5) is 26.7. The second kappa shape index (κ2) is 9.23. The van der Waals surface area contributed by atoms with Crippen LogP contribution in [0.3, 0.4) is 0 Å². The molecule has 1 unspecified atom stereocenters. The molecule has 2 N–H and O–H groups in total. The number of aliphatic carboxylic acids is 1. The van der Waals surface area contributed by atoms with E-state index in [4.69, 9.17) is 21.2 Å². The van der Waals surface area contributed by atoms with Crippen molar-refractivity contribution in [3.05, 3.63) is 35.2 Å². The largest absolute Gasteiger partial charge is 0.480 e. The third-order valence-corrected chi connectivity index (χ3v) is 3.66. The Hall–Kier alpha value is -2.55. The molecule has 7 nitrogen and oxygen atoms in total. The Morgan fingerprint density at radius 3 is 2.58 bits per heavy atom. The van der Waals surface area contributed by atoms with E-state index in [1.165, 1.54) is 0 Å². The predicted molar refractivity (Wildman–Crippen MR) is 87.9 cm³/mol. The Morgan fingerprint density at radius 2 is 1.96 bits per heavy atom. The van der Waals surface area contributed by atoms with Crippen molar-refractivity contribution in [2.24, 2.45) is 0 Å². The molecule has 1 heterocycles. The van der Waals surface area contributed by atoms with E-state index in [2.05, 4.69) is 15.5 Å². The lowest BCUT2D eigenvalue weighted by Crippen LogP contribution is -2.41. The van der Waals surface area contributed by atoms with Gasteiger partial charge in [0, 0.05) is 29.8 Å². The number of nitrogens with zero attached hydrogens (tertiary/aromatic N) is 2. The maximum atomic E-state index is 12.3. The van der Waals surface area contributed by atoms with E-state index in [1.54, 1.807) is 24.3 Å². The highest BCUT2D eigenvalue weighted by molar-refractivity contribution is 6.30. The van der Waals surface area contributed by atoms with E-state index in [0.717, 1.165) is 5.56 Å². The van der Waals surface area contributed by atoms with Crippen molar-refractivity contribution in [1.82, 2.24) is 15.5 Å². The second-order valence-electron chi connectivity index (χ2n) is 5.46. The summed E-state index contributed by atoms with van der Waals surface area (Å²) in [5.74, 6) is -1.44. The number of alkyl halides is 2. The average Bonchev–Trinajstić information content (AvgIpc) is 3.03. The third-order valence-electron chi connectivity index (χ3n) is 3.41. The summed E-state index contributed by atoms with van der Waals surface area (Å²) in [6.07, 6.45) is -3.21. The number of carbonyl (C=O) groups is 2. The SMILES string of the molecule is O=C(CCCc1nc(-c2ccc(Cl)cc2)no1)NC(CC(F)F)C(=O)O. The van der Waals surface area contributed by atoms with Gasteiger partial charge in [-0.1, -0.05) is 16.8 Å². The topological polar surface area (TPSA) is 105 Å². The summed E-state index contributed by atoms with van der Waals surface area (Å²) >= 11 is 5.81. The van der Waals surface area contributed by atoms with Gasteiger partial charge in [-0.15, -0.1) is 0 Å². The number of aromatic nitrogens is 2. The van der Waals surface area contributed by atoms with Gasteiger partial charge >= 0.3 is 5.97 Å². The molecule has 1 atom stereocenters. The third kappa shape index (κ3) is 6.07. The minimum Gasteiger partial charge on any atom is -0.480 e. The minimum atomic E-state index is -2.82. The number of carboxylic acids is 1. The maximum absolute atomic E-state index is 12.3. The highest BCUT2D eigenvalue weighted by Crippen LogP contribution is 2.19. The lowest BCUT2D eigenvalue weighted by Gasteiger charge is -2.13. The van der Waals surface area contributed by atoms with Crippen LogP contribution in [0.5, 0.6) is 0 Å². The molecule has 0 radical (unpaired) electrons. The molecule has 0 fully saturated rings. The van der Waals surface area contributed by atoms with Gasteiger partial charge in [0.15, 0.2) is 0 Å².